The van der Waals surface area contributed by atoms with E-state index in [2.05, 4.69) is 24.3 Å². The van der Waals surface area contributed by atoms with E-state index in [1.165, 1.54) is 31.0 Å². The Hall–Kier alpha value is -1.04. The third-order valence-corrected chi connectivity index (χ3v) is 4.61. The topological polar surface area (TPSA) is 35.5 Å². The fraction of sp³-hybridized carbons (Fsp3) is 0.625. The Morgan fingerprint density at radius 1 is 1.24 bits per heavy atom. The average molecular weight is 298 g/mol. The molecule has 3 nitrogen and oxygen atoms in total. The summed E-state index contributed by atoms with van der Waals surface area (Å²) in [5, 5.41) is 13.2. The van der Waals surface area contributed by atoms with Crippen LogP contribution in [0.5, 0.6) is 0 Å². The quantitative estimate of drug-likeness (QED) is 0.847. The number of aliphatic hydroxyl groups is 1. The molecule has 1 aliphatic rings. The number of nitrogens with one attached hydrogen (secondary N) is 1. The minimum atomic E-state index is -1.17. The highest BCUT2D eigenvalue weighted by atomic mass is 19.1. The van der Waals surface area contributed by atoms with Gasteiger partial charge in [0.25, 0.3) is 0 Å². The van der Waals surface area contributed by atoms with E-state index in [0.29, 0.717) is 6.54 Å². The summed E-state index contributed by atoms with van der Waals surface area (Å²) in [5.74, 6) is -1.40. The lowest BCUT2D eigenvalue weighted by Gasteiger charge is -2.37. The Morgan fingerprint density at radius 2 is 1.81 bits per heavy atom. The number of benzene rings is 1. The fourth-order valence-electron chi connectivity index (χ4n) is 3.19. The summed E-state index contributed by atoms with van der Waals surface area (Å²) in [5.41, 5.74) is -0.164. The number of likely N-dealkylation sites (N-methyl/N-ethyl adjacent to an activating group) is 1. The third kappa shape index (κ3) is 3.59. The second-order valence-corrected chi connectivity index (χ2v) is 6.11. The van der Waals surface area contributed by atoms with Gasteiger partial charge in [-0.3, -0.25) is 0 Å². The van der Waals surface area contributed by atoms with Crippen LogP contribution < -0.4 is 5.32 Å². The molecular formula is C16H24F2N2O. The maximum atomic E-state index is 13.6. The average Bonchev–Trinajstić information content (AvgIpc) is 2.88. The van der Waals surface area contributed by atoms with Gasteiger partial charge in [-0.05, 0) is 39.1 Å². The zero-order chi connectivity index (χ0) is 15.5. The summed E-state index contributed by atoms with van der Waals surface area (Å²) in [6.45, 7) is 0.862. The van der Waals surface area contributed by atoms with Crippen molar-refractivity contribution in [1.29, 1.82) is 0 Å². The predicted octanol–water partition coefficient (Wildman–Crippen LogP) is 2.46. The molecule has 2 rings (SSSR count). The van der Waals surface area contributed by atoms with Gasteiger partial charge in [0.15, 0.2) is 0 Å². The molecule has 0 aliphatic heterocycles. The third-order valence-electron chi connectivity index (χ3n) is 4.61. The standard InChI is InChI=1S/C16H24F2N2O/c1-20(2)16(8-3-4-9-16)11-19-10-14(21)15-12(17)6-5-7-13(15)18/h5-7,14,19,21H,3-4,8-11H2,1-2H3. The molecule has 0 saturated heterocycles. The van der Waals surface area contributed by atoms with Gasteiger partial charge in [-0.25, -0.2) is 8.78 Å². The molecule has 5 heteroatoms. The first-order valence-electron chi connectivity index (χ1n) is 7.46. The largest absolute Gasteiger partial charge is 0.387 e. The Bertz CT molecular complexity index is 453. The Balaban J connectivity index is 1.94. The number of rotatable bonds is 6. The smallest absolute Gasteiger partial charge is 0.131 e. The van der Waals surface area contributed by atoms with Gasteiger partial charge < -0.3 is 15.3 Å². The molecule has 2 N–H and O–H groups in total. The molecule has 0 radical (unpaired) electrons. The van der Waals surface area contributed by atoms with Crippen LogP contribution in [-0.4, -0.2) is 42.7 Å². The summed E-state index contributed by atoms with van der Waals surface area (Å²) in [6.07, 6.45) is 3.44. The van der Waals surface area contributed by atoms with Gasteiger partial charge in [-0.15, -0.1) is 0 Å². The first-order chi connectivity index (χ1) is 9.96. The van der Waals surface area contributed by atoms with Gasteiger partial charge in [0.2, 0.25) is 0 Å². The minimum Gasteiger partial charge on any atom is -0.387 e. The van der Waals surface area contributed by atoms with Gasteiger partial charge in [0.1, 0.15) is 11.6 Å². The summed E-state index contributed by atoms with van der Waals surface area (Å²) < 4.78 is 27.2. The Morgan fingerprint density at radius 3 is 2.33 bits per heavy atom. The van der Waals surface area contributed by atoms with Gasteiger partial charge in [-0.2, -0.15) is 0 Å². The lowest BCUT2D eigenvalue weighted by atomic mass is 9.96. The van der Waals surface area contributed by atoms with Crippen LogP contribution in [0, 0.1) is 11.6 Å². The molecule has 0 aromatic heterocycles. The lowest BCUT2D eigenvalue weighted by molar-refractivity contribution is 0.130. The normalized spacial score (nSPS) is 19.1. The molecule has 0 amide bonds. The van der Waals surface area contributed by atoms with Crippen molar-refractivity contribution < 1.29 is 13.9 Å². The molecular weight excluding hydrogens is 274 g/mol. The van der Waals surface area contributed by atoms with E-state index < -0.39 is 17.7 Å². The molecule has 21 heavy (non-hydrogen) atoms. The fourth-order valence-corrected chi connectivity index (χ4v) is 3.19. The number of halogens is 2. The number of hydrogen-bond acceptors (Lipinski definition) is 3. The zero-order valence-corrected chi connectivity index (χ0v) is 12.7. The minimum absolute atomic E-state index is 0.0908. The van der Waals surface area contributed by atoms with Crippen molar-refractivity contribution >= 4 is 0 Å². The molecule has 1 aromatic rings. The highest BCUT2D eigenvalue weighted by molar-refractivity contribution is 5.22. The Labute approximate surface area is 125 Å². The Kier molecular flexibility index (Phi) is 5.30. The molecule has 1 unspecified atom stereocenters. The predicted molar refractivity (Wildman–Crippen MR) is 79.1 cm³/mol. The van der Waals surface area contributed by atoms with Crippen LogP contribution in [0.4, 0.5) is 8.78 Å². The first kappa shape index (κ1) is 16.3. The summed E-state index contributed by atoms with van der Waals surface area (Å²) in [4.78, 5) is 2.21. The van der Waals surface area contributed by atoms with Crippen molar-refractivity contribution in [2.45, 2.75) is 37.3 Å². The van der Waals surface area contributed by atoms with Crippen LogP contribution in [0.3, 0.4) is 0 Å². The van der Waals surface area contributed by atoms with Crippen LogP contribution in [0.2, 0.25) is 0 Å². The number of hydrogen-bond donors (Lipinski definition) is 2. The number of nitrogens with zero attached hydrogens (tertiary/aromatic N) is 1. The zero-order valence-electron chi connectivity index (χ0n) is 12.7. The molecule has 1 atom stereocenters. The molecule has 0 spiro atoms. The van der Waals surface area contributed by atoms with Crippen molar-refractivity contribution in [2.75, 3.05) is 27.2 Å². The van der Waals surface area contributed by atoms with Crippen LogP contribution in [0.15, 0.2) is 18.2 Å². The van der Waals surface area contributed by atoms with Crippen molar-refractivity contribution in [3.05, 3.63) is 35.4 Å². The number of aliphatic hydroxyl groups excluding tert-OH is 1. The maximum Gasteiger partial charge on any atom is 0.131 e. The molecule has 1 aliphatic carbocycles. The highest BCUT2D eigenvalue weighted by Gasteiger charge is 2.35. The SMILES string of the molecule is CN(C)C1(CNCC(O)c2c(F)cccc2F)CCCC1. The van der Waals surface area contributed by atoms with Crippen LogP contribution in [-0.2, 0) is 0 Å². The lowest BCUT2D eigenvalue weighted by Crippen LogP contribution is -2.50. The molecule has 1 fully saturated rings. The first-order valence-corrected chi connectivity index (χ1v) is 7.46. The second-order valence-electron chi connectivity index (χ2n) is 6.11. The summed E-state index contributed by atoms with van der Waals surface area (Å²) in [6, 6.07) is 3.63. The summed E-state index contributed by atoms with van der Waals surface area (Å²) in [7, 11) is 4.11. The van der Waals surface area contributed by atoms with Gasteiger partial charge in [0, 0.05) is 18.6 Å². The highest BCUT2D eigenvalue weighted by Crippen LogP contribution is 2.33. The van der Waals surface area contributed by atoms with Crippen LogP contribution in [0.25, 0.3) is 0 Å². The second kappa shape index (κ2) is 6.81. The molecule has 1 saturated carbocycles. The molecule has 0 bridgehead atoms. The molecule has 1 aromatic carbocycles. The van der Waals surface area contributed by atoms with E-state index in [1.807, 2.05) is 0 Å². The van der Waals surface area contributed by atoms with Crippen molar-refractivity contribution in [3.63, 3.8) is 0 Å². The monoisotopic (exact) mass is 298 g/mol. The van der Waals surface area contributed by atoms with E-state index in [4.69, 9.17) is 0 Å². The van der Waals surface area contributed by atoms with Crippen molar-refractivity contribution in [2.24, 2.45) is 0 Å². The van der Waals surface area contributed by atoms with Crippen LogP contribution >= 0.6 is 0 Å². The van der Waals surface area contributed by atoms with Gasteiger partial charge >= 0.3 is 0 Å². The van der Waals surface area contributed by atoms with E-state index >= 15 is 0 Å². The van der Waals surface area contributed by atoms with Crippen molar-refractivity contribution in [3.8, 4) is 0 Å². The molecule has 0 heterocycles. The van der Waals surface area contributed by atoms with Gasteiger partial charge in [0.05, 0.1) is 11.7 Å². The summed E-state index contributed by atoms with van der Waals surface area (Å²) >= 11 is 0. The van der Waals surface area contributed by atoms with E-state index in [1.54, 1.807) is 0 Å². The van der Waals surface area contributed by atoms with Crippen LogP contribution in [0.1, 0.15) is 37.4 Å². The van der Waals surface area contributed by atoms with Crippen molar-refractivity contribution in [1.82, 2.24) is 10.2 Å². The van der Waals surface area contributed by atoms with E-state index in [9.17, 15) is 13.9 Å². The van der Waals surface area contributed by atoms with Gasteiger partial charge in [-0.1, -0.05) is 18.9 Å². The maximum absolute atomic E-state index is 13.6. The van der Waals surface area contributed by atoms with E-state index in [-0.39, 0.29) is 17.6 Å². The van der Waals surface area contributed by atoms with E-state index in [0.717, 1.165) is 12.8 Å². The molecule has 118 valence electrons.